The van der Waals surface area contributed by atoms with E-state index in [1.807, 2.05) is 0 Å². The summed E-state index contributed by atoms with van der Waals surface area (Å²) in [6.07, 6.45) is 0.326. The number of nitrogens with one attached hydrogen (secondary N) is 1. The number of azide groups is 1. The maximum Gasteiger partial charge on any atom is 0.404 e. The molecule has 0 unspecified atom stereocenters. The maximum absolute atomic E-state index is 10.3. The number of nitrogens with zero attached hydrogens (tertiary/aromatic N) is 3. The Morgan fingerprint density at radius 1 is 1.71 bits per heavy atom. The second-order valence-corrected chi connectivity index (χ2v) is 3.09. The molecule has 1 aliphatic rings. The summed E-state index contributed by atoms with van der Waals surface area (Å²) < 4.78 is 5.30. The first-order valence-electron chi connectivity index (χ1n) is 4.34. The average molecular weight is 200 g/mol. The highest BCUT2D eigenvalue weighted by atomic mass is 16.5. The van der Waals surface area contributed by atoms with Gasteiger partial charge in [-0.1, -0.05) is 5.11 Å². The second kappa shape index (κ2) is 5.31. The summed E-state index contributed by atoms with van der Waals surface area (Å²) in [6.45, 7) is 0.661. The van der Waals surface area contributed by atoms with Crippen molar-refractivity contribution in [2.45, 2.75) is 25.0 Å². The van der Waals surface area contributed by atoms with Crippen molar-refractivity contribution >= 4 is 6.09 Å². The Labute approximate surface area is 80.7 Å². The Kier molecular flexibility index (Phi) is 4.03. The van der Waals surface area contributed by atoms with Crippen LogP contribution in [0.3, 0.4) is 0 Å². The fraction of sp³-hybridized carbons (Fsp3) is 0.857. The van der Waals surface area contributed by atoms with E-state index in [1.54, 1.807) is 0 Å². The number of amides is 1. The lowest BCUT2D eigenvalue weighted by molar-refractivity contribution is 0.00397. The number of hydrogen-bond acceptors (Lipinski definition) is 3. The Morgan fingerprint density at radius 3 is 3.00 bits per heavy atom. The molecule has 1 saturated heterocycles. The fourth-order valence-corrected chi connectivity index (χ4v) is 1.37. The molecule has 0 saturated carbocycles. The van der Waals surface area contributed by atoms with Crippen LogP contribution in [-0.2, 0) is 4.74 Å². The minimum Gasteiger partial charge on any atom is -0.465 e. The monoisotopic (exact) mass is 200 g/mol. The zero-order chi connectivity index (χ0) is 10.4. The lowest BCUT2D eigenvalue weighted by atomic mass is 10.1. The quantitative estimate of drug-likeness (QED) is 0.404. The van der Waals surface area contributed by atoms with Crippen LogP contribution in [0.5, 0.6) is 0 Å². The molecule has 14 heavy (non-hydrogen) atoms. The van der Waals surface area contributed by atoms with Gasteiger partial charge in [-0.15, -0.1) is 0 Å². The Bertz CT molecular complexity index is 231. The van der Waals surface area contributed by atoms with E-state index in [-0.39, 0.29) is 12.1 Å². The van der Waals surface area contributed by atoms with E-state index in [1.165, 1.54) is 0 Å². The predicted molar refractivity (Wildman–Crippen MR) is 47.9 cm³/mol. The zero-order valence-electron chi connectivity index (χ0n) is 7.59. The summed E-state index contributed by atoms with van der Waals surface area (Å²) in [5.41, 5.74) is 8.08. The van der Waals surface area contributed by atoms with Crippen molar-refractivity contribution in [1.82, 2.24) is 5.32 Å². The molecule has 1 rings (SSSR count). The largest absolute Gasteiger partial charge is 0.465 e. The van der Waals surface area contributed by atoms with E-state index in [9.17, 15) is 4.79 Å². The van der Waals surface area contributed by atoms with Crippen LogP contribution in [0.15, 0.2) is 5.11 Å². The van der Waals surface area contributed by atoms with Gasteiger partial charge >= 0.3 is 6.09 Å². The minimum atomic E-state index is -1.04. The van der Waals surface area contributed by atoms with Crippen LogP contribution in [0.2, 0.25) is 0 Å². The summed E-state index contributed by atoms with van der Waals surface area (Å²) in [4.78, 5) is 12.9. The van der Waals surface area contributed by atoms with Crippen molar-refractivity contribution in [2.75, 3.05) is 13.2 Å². The Morgan fingerprint density at radius 2 is 2.50 bits per heavy atom. The summed E-state index contributed by atoms with van der Waals surface area (Å²) in [5, 5.41) is 14.2. The van der Waals surface area contributed by atoms with Crippen LogP contribution in [-0.4, -0.2) is 36.5 Å². The summed E-state index contributed by atoms with van der Waals surface area (Å²) in [5.74, 6) is 0. The van der Waals surface area contributed by atoms with E-state index in [0.29, 0.717) is 19.6 Å². The van der Waals surface area contributed by atoms with E-state index in [0.717, 1.165) is 6.42 Å². The van der Waals surface area contributed by atoms with Gasteiger partial charge in [-0.3, -0.25) is 0 Å². The van der Waals surface area contributed by atoms with E-state index in [4.69, 9.17) is 15.4 Å². The molecule has 0 aromatic heterocycles. The standard InChI is InChI=1S/C7H12N4O3/c8-11-9-3-6-2-1-5(4-14-6)10-7(12)13/h5-6,10H,1-4H2,(H,12,13)/t5-,6+/m1/s1. The summed E-state index contributed by atoms with van der Waals surface area (Å²) in [7, 11) is 0. The highest BCUT2D eigenvalue weighted by Gasteiger charge is 2.21. The summed E-state index contributed by atoms with van der Waals surface area (Å²) in [6, 6.07) is -0.144. The normalized spacial score (nSPS) is 26.3. The molecule has 2 atom stereocenters. The highest BCUT2D eigenvalue weighted by molar-refractivity contribution is 5.64. The van der Waals surface area contributed by atoms with Gasteiger partial charge < -0.3 is 15.2 Å². The third kappa shape index (κ3) is 3.51. The maximum atomic E-state index is 10.3. The Hall–Kier alpha value is -1.46. The third-order valence-corrected chi connectivity index (χ3v) is 2.05. The average Bonchev–Trinajstić information content (AvgIpc) is 2.16. The van der Waals surface area contributed by atoms with Crippen molar-refractivity contribution in [3.8, 4) is 0 Å². The van der Waals surface area contributed by atoms with Gasteiger partial charge in [0.1, 0.15) is 0 Å². The van der Waals surface area contributed by atoms with Gasteiger partial charge in [0.05, 0.1) is 25.3 Å². The molecule has 78 valence electrons. The van der Waals surface area contributed by atoms with Gasteiger partial charge in [-0.2, -0.15) is 0 Å². The molecule has 2 N–H and O–H groups in total. The molecular formula is C7H12N4O3. The van der Waals surface area contributed by atoms with Gasteiger partial charge in [-0.05, 0) is 18.4 Å². The van der Waals surface area contributed by atoms with Crippen molar-refractivity contribution in [3.63, 3.8) is 0 Å². The molecule has 0 bridgehead atoms. The van der Waals surface area contributed by atoms with E-state index >= 15 is 0 Å². The molecule has 1 fully saturated rings. The molecule has 0 radical (unpaired) electrons. The predicted octanol–water partition coefficient (Wildman–Crippen LogP) is 1.11. The molecule has 0 aromatic rings. The van der Waals surface area contributed by atoms with Gasteiger partial charge in [0.25, 0.3) is 0 Å². The third-order valence-electron chi connectivity index (χ3n) is 2.05. The molecule has 7 heteroatoms. The Balaban J connectivity index is 2.23. The first kappa shape index (κ1) is 10.6. The number of ether oxygens (including phenoxy) is 1. The highest BCUT2D eigenvalue weighted by Crippen LogP contribution is 2.13. The van der Waals surface area contributed by atoms with Crippen molar-refractivity contribution in [2.24, 2.45) is 5.11 Å². The fourth-order valence-electron chi connectivity index (χ4n) is 1.37. The molecule has 0 aromatic carbocycles. The second-order valence-electron chi connectivity index (χ2n) is 3.09. The van der Waals surface area contributed by atoms with Crippen LogP contribution in [0.4, 0.5) is 4.79 Å². The van der Waals surface area contributed by atoms with E-state index in [2.05, 4.69) is 15.3 Å². The SMILES string of the molecule is [N-]=[N+]=NC[C@@H]1CC[C@@H](NC(=O)O)CO1. The molecule has 1 aliphatic heterocycles. The molecule has 7 nitrogen and oxygen atoms in total. The molecular weight excluding hydrogens is 188 g/mol. The van der Waals surface area contributed by atoms with Crippen LogP contribution in [0.25, 0.3) is 10.4 Å². The van der Waals surface area contributed by atoms with Crippen molar-refractivity contribution in [1.29, 1.82) is 0 Å². The number of carboxylic acid groups (broad SMARTS) is 1. The smallest absolute Gasteiger partial charge is 0.404 e. The number of hydrogen-bond donors (Lipinski definition) is 2. The van der Waals surface area contributed by atoms with Gasteiger partial charge in [0, 0.05) is 4.91 Å². The number of rotatable bonds is 3. The first-order valence-corrected chi connectivity index (χ1v) is 4.34. The van der Waals surface area contributed by atoms with Crippen LogP contribution >= 0.6 is 0 Å². The van der Waals surface area contributed by atoms with Crippen LogP contribution < -0.4 is 5.32 Å². The van der Waals surface area contributed by atoms with Crippen molar-refractivity contribution < 1.29 is 14.6 Å². The van der Waals surface area contributed by atoms with Crippen LogP contribution in [0, 0.1) is 0 Å². The minimum absolute atomic E-state index is 0.0715. The van der Waals surface area contributed by atoms with Gasteiger partial charge in [-0.25, -0.2) is 4.79 Å². The van der Waals surface area contributed by atoms with Crippen molar-refractivity contribution in [3.05, 3.63) is 10.4 Å². The summed E-state index contributed by atoms with van der Waals surface area (Å²) >= 11 is 0. The van der Waals surface area contributed by atoms with E-state index < -0.39 is 6.09 Å². The van der Waals surface area contributed by atoms with Crippen LogP contribution in [0.1, 0.15) is 12.8 Å². The number of carbonyl (C=O) groups is 1. The molecule has 1 heterocycles. The first-order chi connectivity index (χ1) is 6.72. The lowest BCUT2D eigenvalue weighted by Gasteiger charge is -2.27. The molecule has 0 spiro atoms. The molecule has 0 aliphatic carbocycles. The zero-order valence-corrected chi connectivity index (χ0v) is 7.59. The van der Waals surface area contributed by atoms with Gasteiger partial charge in [0.15, 0.2) is 0 Å². The molecule has 1 amide bonds. The topological polar surface area (TPSA) is 107 Å². The lowest BCUT2D eigenvalue weighted by Crippen LogP contribution is -2.42. The van der Waals surface area contributed by atoms with Gasteiger partial charge in [0.2, 0.25) is 0 Å².